The van der Waals surface area contributed by atoms with E-state index >= 15 is 0 Å². The molecule has 2 aromatic rings. The van der Waals surface area contributed by atoms with Crippen molar-refractivity contribution in [3.05, 3.63) is 48.2 Å². The standard InChI is InChI=1S/C16H20N2O/c1-12(2)18-11-14-6-4-5-7-15(14)13-8-9-17-16(10-13)19-3/h4-10,12,18H,11H2,1-3H3. The lowest BCUT2D eigenvalue weighted by Gasteiger charge is -2.13. The first-order valence-corrected chi connectivity index (χ1v) is 6.52. The molecule has 0 bridgehead atoms. The smallest absolute Gasteiger partial charge is 0.213 e. The van der Waals surface area contributed by atoms with E-state index in [2.05, 4.69) is 48.4 Å². The van der Waals surface area contributed by atoms with Crippen molar-refractivity contribution in [1.82, 2.24) is 10.3 Å². The number of pyridine rings is 1. The summed E-state index contributed by atoms with van der Waals surface area (Å²) in [6.45, 7) is 5.16. The predicted octanol–water partition coefficient (Wildman–Crippen LogP) is 3.26. The third kappa shape index (κ3) is 3.55. The minimum atomic E-state index is 0.472. The Kier molecular flexibility index (Phi) is 4.53. The Bertz CT molecular complexity index is 538. The Balaban J connectivity index is 2.32. The Morgan fingerprint density at radius 1 is 1.21 bits per heavy atom. The van der Waals surface area contributed by atoms with Crippen LogP contribution in [0.3, 0.4) is 0 Å². The fourth-order valence-corrected chi connectivity index (χ4v) is 1.96. The van der Waals surface area contributed by atoms with Gasteiger partial charge in [-0.05, 0) is 22.8 Å². The highest BCUT2D eigenvalue weighted by Gasteiger charge is 2.06. The summed E-state index contributed by atoms with van der Waals surface area (Å²) in [5.41, 5.74) is 3.63. The summed E-state index contributed by atoms with van der Waals surface area (Å²) in [5, 5.41) is 3.45. The molecule has 1 heterocycles. The van der Waals surface area contributed by atoms with E-state index in [0.717, 1.165) is 12.1 Å². The number of methoxy groups -OCH3 is 1. The number of hydrogen-bond acceptors (Lipinski definition) is 3. The molecule has 1 N–H and O–H groups in total. The highest BCUT2D eigenvalue weighted by atomic mass is 16.5. The number of aromatic nitrogens is 1. The molecule has 0 fully saturated rings. The molecule has 1 aromatic heterocycles. The van der Waals surface area contributed by atoms with Crippen molar-refractivity contribution in [2.24, 2.45) is 0 Å². The first-order chi connectivity index (χ1) is 9.20. The maximum Gasteiger partial charge on any atom is 0.213 e. The molecule has 0 aliphatic carbocycles. The summed E-state index contributed by atoms with van der Waals surface area (Å²) in [5.74, 6) is 0.643. The van der Waals surface area contributed by atoms with Crippen LogP contribution in [0.2, 0.25) is 0 Å². The van der Waals surface area contributed by atoms with Gasteiger partial charge in [-0.25, -0.2) is 4.98 Å². The summed E-state index contributed by atoms with van der Waals surface area (Å²) in [7, 11) is 1.64. The van der Waals surface area contributed by atoms with Gasteiger partial charge >= 0.3 is 0 Å². The number of benzene rings is 1. The van der Waals surface area contributed by atoms with E-state index in [-0.39, 0.29) is 0 Å². The first kappa shape index (κ1) is 13.6. The van der Waals surface area contributed by atoms with E-state index in [1.807, 2.05) is 12.1 Å². The van der Waals surface area contributed by atoms with Crippen molar-refractivity contribution in [3.63, 3.8) is 0 Å². The zero-order chi connectivity index (χ0) is 13.7. The van der Waals surface area contributed by atoms with Crippen molar-refractivity contribution >= 4 is 0 Å². The quantitative estimate of drug-likeness (QED) is 0.891. The molecule has 0 radical (unpaired) electrons. The minimum absolute atomic E-state index is 0.472. The number of nitrogens with zero attached hydrogens (tertiary/aromatic N) is 1. The predicted molar refractivity (Wildman–Crippen MR) is 78.2 cm³/mol. The molecule has 19 heavy (non-hydrogen) atoms. The second kappa shape index (κ2) is 6.34. The van der Waals surface area contributed by atoms with Crippen LogP contribution in [0.1, 0.15) is 19.4 Å². The Labute approximate surface area is 114 Å². The summed E-state index contributed by atoms with van der Waals surface area (Å²) < 4.78 is 5.19. The molecule has 2 rings (SSSR count). The molecule has 3 nitrogen and oxygen atoms in total. The molecule has 1 aromatic carbocycles. The van der Waals surface area contributed by atoms with Crippen LogP contribution in [0.25, 0.3) is 11.1 Å². The van der Waals surface area contributed by atoms with Crippen molar-refractivity contribution in [1.29, 1.82) is 0 Å². The average molecular weight is 256 g/mol. The van der Waals surface area contributed by atoms with Gasteiger partial charge in [0.25, 0.3) is 0 Å². The van der Waals surface area contributed by atoms with Gasteiger partial charge in [0, 0.05) is 24.8 Å². The Hall–Kier alpha value is -1.87. The summed E-state index contributed by atoms with van der Waals surface area (Å²) in [6, 6.07) is 12.9. The van der Waals surface area contributed by atoms with Crippen molar-refractivity contribution < 1.29 is 4.74 Å². The molecule has 3 heteroatoms. The molecular weight excluding hydrogens is 236 g/mol. The van der Waals surface area contributed by atoms with Crippen LogP contribution in [0.5, 0.6) is 5.88 Å². The summed E-state index contributed by atoms with van der Waals surface area (Å²) in [6.07, 6.45) is 1.78. The third-order valence-corrected chi connectivity index (χ3v) is 2.97. The lowest BCUT2D eigenvalue weighted by molar-refractivity contribution is 0.398. The van der Waals surface area contributed by atoms with Crippen LogP contribution in [-0.4, -0.2) is 18.1 Å². The number of ether oxygens (including phenoxy) is 1. The fraction of sp³-hybridized carbons (Fsp3) is 0.312. The molecule has 0 unspecified atom stereocenters. The zero-order valence-electron chi connectivity index (χ0n) is 11.7. The SMILES string of the molecule is COc1cc(-c2ccccc2CNC(C)C)ccn1. The van der Waals surface area contributed by atoms with Gasteiger partial charge in [-0.3, -0.25) is 0 Å². The van der Waals surface area contributed by atoms with Crippen LogP contribution in [0.15, 0.2) is 42.6 Å². The molecule has 100 valence electrons. The second-order valence-electron chi connectivity index (χ2n) is 4.78. The highest BCUT2D eigenvalue weighted by Crippen LogP contribution is 2.25. The minimum Gasteiger partial charge on any atom is -0.481 e. The van der Waals surface area contributed by atoms with E-state index in [0.29, 0.717) is 11.9 Å². The van der Waals surface area contributed by atoms with Crippen molar-refractivity contribution in [2.45, 2.75) is 26.4 Å². The van der Waals surface area contributed by atoms with Crippen LogP contribution in [0.4, 0.5) is 0 Å². The monoisotopic (exact) mass is 256 g/mol. The van der Waals surface area contributed by atoms with Gasteiger partial charge in [0.05, 0.1) is 7.11 Å². The van der Waals surface area contributed by atoms with Crippen LogP contribution >= 0.6 is 0 Å². The van der Waals surface area contributed by atoms with Crippen molar-refractivity contribution in [3.8, 4) is 17.0 Å². The van der Waals surface area contributed by atoms with Crippen LogP contribution in [-0.2, 0) is 6.54 Å². The summed E-state index contributed by atoms with van der Waals surface area (Å²) >= 11 is 0. The Morgan fingerprint density at radius 2 is 2.00 bits per heavy atom. The van der Waals surface area contributed by atoms with Gasteiger partial charge in [0.2, 0.25) is 5.88 Å². The third-order valence-electron chi connectivity index (χ3n) is 2.97. The van der Waals surface area contributed by atoms with E-state index in [1.54, 1.807) is 13.3 Å². The van der Waals surface area contributed by atoms with Crippen molar-refractivity contribution in [2.75, 3.05) is 7.11 Å². The molecule has 0 saturated heterocycles. The van der Waals surface area contributed by atoms with Crippen LogP contribution in [0, 0.1) is 0 Å². The molecule has 0 amide bonds. The highest BCUT2D eigenvalue weighted by molar-refractivity contribution is 5.67. The van der Waals surface area contributed by atoms with Gasteiger partial charge in [0.15, 0.2) is 0 Å². The lowest BCUT2D eigenvalue weighted by Crippen LogP contribution is -2.22. The maximum absolute atomic E-state index is 5.19. The Morgan fingerprint density at radius 3 is 2.74 bits per heavy atom. The maximum atomic E-state index is 5.19. The molecule has 0 spiro atoms. The lowest BCUT2D eigenvalue weighted by atomic mass is 10.0. The van der Waals surface area contributed by atoms with Gasteiger partial charge in [-0.2, -0.15) is 0 Å². The number of nitrogens with one attached hydrogen (secondary N) is 1. The number of hydrogen-bond donors (Lipinski definition) is 1. The fourth-order valence-electron chi connectivity index (χ4n) is 1.96. The molecule has 0 aliphatic heterocycles. The van der Waals surface area contributed by atoms with Gasteiger partial charge < -0.3 is 10.1 Å². The van der Waals surface area contributed by atoms with Gasteiger partial charge in [0.1, 0.15) is 0 Å². The number of rotatable bonds is 5. The van der Waals surface area contributed by atoms with Gasteiger partial charge in [-0.15, -0.1) is 0 Å². The van der Waals surface area contributed by atoms with Crippen LogP contribution < -0.4 is 10.1 Å². The zero-order valence-corrected chi connectivity index (χ0v) is 11.7. The summed E-state index contributed by atoms with van der Waals surface area (Å²) in [4.78, 5) is 4.15. The second-order valence-corrected chi connectivity index (χ2v) is 4.78. The molecule has 0 atom stereocenters. The molecular formula is C16H20N2O. The average Bonchev–Trinajstić information content (AvgIpc) is 2.45. The van der Waals surface area contributed by atoms with E-state index < -0.39 is 0 Å². The van der Waals surface area contributed by atoms with E-state index in [4.69, 9.17) is 4.74 Å². The first-order valence-electron chi connectivity index (χ1n) is 6.52. The molecule has 0 saturated carbocycles. The normalized spacial score (nSPS) is 10.7. The van der Waals surface area contributed by atoms with E-state index in [1.165, 1.54) is 11.1 Å². The van der Waals surface area contributed by atoms with E-state index in [9.17, 15) is 0 Å². The largest absolute Gasteiger partial charge is 0.481 e. The topological polar surface area (TPSA) is 34.1 Å². The van der Waals surface area contributed by atoms with Gasteiger partial charge in [-0.1, -0.05) is 38.1 Å². The molecule has 0 aliphatic rings.